The number of hydrogen-bond donors (Lipinski definition) is 1. The number of aryl methyl sites for hydroxylation is 1. The molecule has 2 aromatic rings. The first kappa shape index (κ1) is 18.4. The van der Waals surface area contributed by atoms with E-state index < -0.39 is 6.04 Å². The Morgan fingerprint density at radius 1 is 1.21 bits per heavy atom. The molecule has 1 N–H and O–H groups in total. The molecule has 5 heteroatoms. The van der Waals surface area contributed by atoms with Crippen LogP contribution >= 0.6 is 0 Å². The van der Waals surface area contributed by atoms with E-state index in [2.05, 4.69) is 37.9 Å². The molecule has 1 saturated heterocycles. The molecule has 2 unspecified atom stereocenters. The molecule has 0 bridgehead atoms. The van der Waals surface area contributed by atoms with E-state index in [-0.39, 0.29) is 17.9 Å². The molecular weight excluding hydrogens is 352 g/mol. The quantitative estimate of drug-likeness (QED) is 0.828. The van der Waals surface area contributed by atoms with Crippen molar-refractivity contribution >= 4 is 17.5 Å². The molecule has 28 heavy (non-hydrogen) atoms. The lowest BCUT2D eigenvalue weighted by molar-refractivity contribution is -0.122. The third-order valence-electron chi connectivity index (χ3n) is 5.72. The standard InChI is InChI=1S/C23H24N2O3/c1-4-12-28-20-10-11-25-21(20)22(26)24-19-9-8-16(13-18(19)23(25)27)17-7-5-6-14(2)15(17)3/h4-9,13,20-21H,1,10-12H2,2-3H3,(H,24,26). The number of fused-ring (bicyclic) bond motifs is 2. The SMILES string of the molecule is C=CCOC1CCN2C(=O)c3cc(-c4cccc(C)c4C)ccc3NC(=O)C12. The minimum Gasteiger partial charge on any atom is -0.371 e. The van der Waals surface area contributed by atoms with E-state index in [0.717, 1.165) is 11.1 Å². The average Bonchev–Trinajstić information content (AvgIpc) is 3.08. The van der Waals surface area contributed by atoms with Crippen molar-refractivity contribution in [3.63, 3.8) is 0 Å². The monoisotopic (exact) mass is 376 g/mol. The molecule has 2 amide bonds. The van der Waals surface area contributed by atoms with Crippen LogP contribution in [0, 0.1) is 13.8 Å². The van der Waals surface area contributed by atoms with Gasteiger partial charge in [-0.25, -0.2) is 0 Å². The fourth-order valence-electron chi connectivity index (χ4n) is 4.09. The Bertz CT molecular complexity index is 966. The Balaban J connectivity index is 1.73. The zero-order chi connectivity index (χ0) is 19.8. The minimum absolute atomic E-state index is 0.129. The van der Waals surface area contributed by atoms with E-state index in [9.17, 15) is 9.59 Å². The number of hydrogen-bond acceptors (Lipinski definition) is 3. The first-order chi connectivity index (χ1) is 13.5. The highest BCUT2D eigenvalue weighted by molar-refractivity contribution is 6.11. The van der Waals surface area contributed by atoms with Crippen molar-refractivity contribution in [1.29, 1.82) is 0 Å². The Kier molecular flexibility index (Phi) is 4.77. The van der Waals surface area contributed by atoms with Crippen molar-refractivity contribution in [2.24, 2.45) is 0 Å². The van der Waals surface area contributed by atoms with Crippen molar-refractivity contribution in [3.8, 4) is 11.1 Å². The number of ether oxygens (including phenoxy) is 1. The molecule has 2 aliphatic rings. The van der Waals surface area contributed by atoms with Crippen LogP contribution in [0.4, 0.5) is 5.69 Å². The summed E-state index contributed by atoms with van der Waals surface area (Å²) < 4.78 is 5.74. The molecule has 1 fully saturated rings. The van der Waals surface area contributed by atoms with Crippen LogP contribution in [0.2, 0.25) is 0 Å². The van der Waals surface area contributed by atoms with E-state index in [1.807, 2.05) is 24.3 Å². The van der Waals surface area contributed by atoms with Crippen molar-refractivity contribution in [2.45, 2.75) is 32.4 Å². The molecule has 0 saturated carbocycles. The van der Waals surface area contributed by atoms with Gasteiger partial charge in [0.05, 0.1) is 24.0 Å². The Labute approximate surface area is 165 Å². The van der Waals surface area contributed by atoms with Gasteiger partial charge in [0.15, 0.2) is 0 Å². The highest BCUT2D eigenvalue weighted by Gasteiger charge is 2.45. The van der Waals surface area contributed by atoms with Crippen LogP contribution in [0.1, 0.15) is 27.9 Å². The predicted molar refractivity (Wildman–Crippen MR) is 109 cm³/mol. The van der Waals surface area contributed by atoms with Gasteiger partial charge in [-0.2, -0.15) is 0 Å². The van der Waals surface area contributed by atoms with Gasteiger partial charge in [-0.15, -0.1) is 6.58 Å². The number of nitrogens with zero attached hydrogens (tertiary/aromatic N) is 1. The molecule has 2 aromatic carbocycles. The maximum Gasteiger partial charge on any atom is 0.256 e. The van der Waals surface area contributed by atoms with Gasteiger partial charge in [0, 0.05) is 6.54 Å². The number of carbonyl (C=O) groups excluding carboxylic acids is 2. The number of nitrogens with one attached hydrogen (secondary N) is 1. The van der Waals surface area contributed by atoms with Gasteiger partial charge in [-0.1, -0.05) is 30.3 Å². The Morgan fingerprint density at radius 3 is 2.82 bits per heavy atom. The molecule has 144 valence electrons. The largest absolute Gasteiger partial charge is 0.371 e. The number of benzene rings is 2. The summed E-state index contributed by atoms with van der Waals surface area (Å²) in [5.41, 5.74) is 5.54. The van der Waals surface area contributed by atoms with Crippen LogP contribution in [-0.4, -0.2) is 42.0 Å². The Hall–Kier alpha value is -2.92. The first-order valence-electron chi connectivity index (χ1n) is 9.56. The number of rotatable bonds is 4. The van der Waals surface area contributed by atoms with Gasteiger partial charge in [-0.3, -0.25) is 9.59 Å². The normalized spacial score (nSPS) is 21.0. The zero-order valence-electron chi connectivity index (χ0n) is 16.2. The fraction of sp³-hybridized carbons (Fsp3) is 0.304. The molecule has 2 aliphatic heterocycles. The van der Waals surface area contributed by atoms with E-state index in [4.69, 9.17) is 4.74 Å². The molecular formula is C23H24N2O3. The van der Waals surface area contributed by atoms with Gasteiger partial charge in [-0.05, 0) is 54.7 Å². The summed E-state index contributed by atoms with van der Waals surface area (Å²) in [6.07, 6.45) is 1.99. The molecule has 0 spiro atoms. The summed E-state index contributed by atoms with van der Waals surface area (Å²) in [6, 6.07) is 11.2. The van der Waals surface area contributed by atoms with Gasteiger partial charge in [0.2, 0.25) is 5.91 Å². The summed E-state index contributed by atoms with van der Waals surface area (Å²) in [7, 11) is 0. The van der Waals surface area contributed by atoms with E-state index in [0.29, 0.717) is 30.8 Å². The van der Waals surface area contributed by atoms with Gasteiger partial charge >= 0.3 is 0 Å². The highest BCUT2D eigenvalue weighted by atomic mass is 16.5. The third kappa shape index (κ3) is 3.02. The van der Waals surface area contributed by atoms with E-state index >= 15 is 0 Å². The second kappa shape index (κ2) is 7.24. The lowest BCUT2D eigenvalue weighted by Crippen LogP contribution is -2.46. The van der Waals surface area contributed by atoms with Crippen LogP contribution in [0.5, 0.6) is 0 Å². The first-order valence-corrected chi connectivity index (χ1v) is 9.56. The molecule has 0 aliphatic carbocycles. The zero-order valence-corrected chi connectivity index (χ0v) is 16.2. The summed E-state index contributed by atoms with van der Waals surface area (Å²) in [4.78, 5) is 27.7. The Morgan fingerprint density at radius 2 is 2.04 bits per heavy atom. The van der Waals surface area contributed by atoms with Gasteiger partial charge in [0.25, 0.3) is 5.91 Å². The molecule has 2 atom stereocenters. The minimum atomic E-state index is -0.607. The maximum absolute atomic E-state index is 13.3. The summed E-state index contributed by atoms with van der Waals surface area (Å²) in [5.74, 6) is -0.326. The van der Waals surface area contributed by atoms with Crippen molar-refractivity contribution in [3.05, 3.63) is 65.7 Å². The van der Waals surface area contributed by atoms with Crippen LogP contribution < -0.4 is 5.32 Å². The summed E-state index contributed by atoms with van der Waals surface area (Å²) in [5, 5.41) is 2.93. The van der Waals surface area contributed by atoms with Crippen LogP contribution in [0.15, 0.2) is 49.1 Å². The number of amides is 2. The van der Waals surface area contributed by atoms with Crippen molar-refractivity contribution in [1.82, 2.24) is 4.90 Å². The van der Waals surface area contributed by atoms with Crippen molar-refractivity contribution in [2.75, 3.05) is 18.5 Å². The fourth-order valence-corrected chi connectivity index (χ4v) is 4.09. The lowest BCUT2D eigenvalue weighted by Gasteiger charge is -2.24. The molecule has 0 radical (unpaired) electrons. The number of anilines is 1. The van der Waals surface area contributed by atoms with Crippen LogP contribution in [-0.2, 0) is 9.53 Å². The predicted octanol–water partition coefficient (Wildman–Crippen LogP) is 3.71. The van der Waals surface area contributed by atoms with E-state index in [1.165, 1.54) is 11.1 Å². The van der Waals surface area contributed by atoms with Crippen LogP contribution in [0.3, 0.4) is 0 Å². The third-order valence-corrected chi connectivity index (χ3v) is 5.72. The second-order valence-electron chi connectivity index (χ2n) is 7.39. The van der Waals surface area contributed by atoms with E-state index in [1.54, 1.807) is 11.0 Å². The maximum atomic E-state index is 13.3. The van der Waals surface area contributed by atoms with Crippen LogP contribution in [0.25, 0.3) is 11.1 Å². The molecule has 4 rings (SSSR count). The van der Waals surface area contributed by atoms with Gasteiger partial charge < -0.3 is 15.0 Å². The molecule has 2 heterocycles. The number of carbonyl (C=O) groups is 2. The average molecular weight is 376 g/mol. The smallest absolute Gasteiger partial charge is 0.256 e. The highest BCUT2D eigenvalue weighted by Crippen LogP contribution is 2.34. The second-order valence-corrected chi connectivity index (χ2v) is 7.39. The summed E-state index contributed by atoms with van der Waals surface area (Å²) in [6.45, 7) is 8.68. The summed E-state index contributed by atoms with van der Waals surface area (Å²) >= 11 is 0. The molecule has 0 aromatic heterocycles. The van der Waals surface area contributed by atoms with Crippen molar-refractivity contribution < 1.29 is 14.3 Å². The molecule has 5 nitrogen and oxygen atoms in total. The van der Waals surface area contributed by atoms with Gasteiger partial charge in [0.1, 0.15) is 6.04 Å². The lowest BCUT2D eigenvalue weighted by atomic mass is 9.95. The topological polar surface area (TPSA) is 58.6 Å².